The van der Waals surface area contributed by atoms with Crippen molar-refractivity contribution in [3.05, 3.63) is 58.4 Å². The summed E-state index contributed by atoms with van der Waals surface area (Å²) in [4.78, 5) is 28.1. The van der Waals surface area contributed by atoms with Crippen molar-refractivity contribution in [2.75, 3.05) is 0 Å². The molecule has 1 aromatic carbocycles. The van der Waals surface area contributed by atoms with Gasteiger partial charge in [-0.2, -0.15) is 0 Å². The van der Waals surface area contributed by atoms with Crippen LogP contribution in [0.1, 0.15) is 23.3 Å². The first-order valence-electron chi connectivity index (χ1n) is 7.87. The molecule has 0 saturated carbocycles. The average Bonchev–Trinajstić information content (AvgIpc) is 3.23. The molecular weight excluding hydrogens is 322 g/mol. The van der Waals surface area contributed by atoms with Crippen LogP contribution in [-0.2, 0) is 22.4 Å². The van der Waals surface area contributed by atoms with Gasteiger partial charge < -0.3 is 4.98 Å². The molecule has 0 aliphatic heterocycles. The highest BCUT2D eigenvalue weighted by atomic mass is 32.1. The third-order valence-corrected chi connectivity index (χ3v) is 4.71. The molecule has 3 aromatic rings. The highest BCUT2D eigenvalue weighted by Crippen LogP contribution is 2.17. The van der Waals surface area contributed by atoms with Crippen LogP contribution in [0.5, 0.6) is 0 Å². The predicted octanol–water partition coefficient (Wildman–Crippen LogP) is 2.94. The van der Waals surface area contributed by atoms with Gasteiger partial charge in [-0.05, 0) is 35.9 Å². The third kappa shape index (κ3) is 4.23. The second kappa shape index (κ2) is 7.79. The highest BCUT2D eigenvalue weighted by molar-refractivity contribution is 7.09. The smallest absolute Gasteiger partial charge is 0.242 e. The second-order valence-electron chi connectivity index (χ2n) is 5.57. The lowest BCUT2D eigenvalue weighted by Gasteiger charge is -2.07. The van der Waals surface area contributed by atoms with Crippen LogP contribution in [-0.4, -0.2) is 16.8 Å². The summed E-state index contributed by atoms with van der Waals surface area (Å²) < 4.78 is 0. The number of hydrogen-bond donors (Lipinski definition) is 3. The van der Waals surface area contributed by atoms with Crippen molar-refractivity contribution in [3.8, 4) is 0 Å². The number of H-pyrrole nitrogens is 1. The molecule has 3 N–H and O–H groups in total. The lowest BCUT2D eigenvalue weighted by atomic mass is 10.1. The first-order valence-corrected chi connectivity index (χ1v) is 8.75. The molecule has 0 unspecified atom stereocenters. The summed E-state index contributed by atoms with van der Waals surface area (Å²) >= 11 is 1.69. The number of carbonyl (C=O) groups is 2. The van der Waals surface area contributed by atoms with Crippen LogP contribution < -0.4 is 10.9 Å². The van der Waals surface area contributed by atoms with E-state index in [0.29, 0.717) is 6.42 Å². The normalized spacial score (nSPS) is 10.7. The Morgan fingerprint density at radius 2 is 1.88 bits per heavy atom. The Labute approximate surface area is 144 Å². The quantitative estimate of drug-likeness (QED) is 0.603. The average molecular weight is 341 g/mol. The van der Waals surface area contributed by atoms with Crippen LogP contribution in [0.25, 0.3) is 10.9 Å². The van der Waals surface area contributed by atoms with Gasteiger partial charge in [-0.1, -0.05) is 24.3 Å². The van der Waals surface area contributed by atoms with Gasteiger partial charge in [0.25, 0.3) is 0 Å². The number of para-hydroxylation sites is 1. The van der Waals surface area contributed by atoms with Crippen molar-refractivity contribution in [1.82, 2.24) is 15.8 Å². The Balaban J connectivity index is 1.41. The molecular formula is C18H19N3O2S. The Hall–Kier alpha value is -2.60. The fourth-order valence-corrected chi connectivity index (χ4v) is 3.33. The van der Waals surface area contributed by atoms with E-state index in [2.05, 4.69) is 21.9 Å². The van der Waals surface area contributed by atoms with E-state index in [1.54, 1.807) is 11.3 Å². The molecule has 3 rings (SSSR count). The number of thiophene rings is 1. The molecule has 2 heterocycles. The molecule has 2 aromatic heterocycles. The lowest BCUT2D eigenvalue weighted by Crippen LogP contribution is -2.42. The summed E-state index contributed by atoms with van der Waals surface area (Å²) in [5.41, 5.74) is 6.87. The van der Waals surface area contributed by atoms with Crippen LogP contribution in [0.2, 0.25) is 0 Å². The second-order valence-corrected chi connectivity index (χ2v) is 6.60. The Kier molecular flexibility index (Phi) is 5.28. The van der Waals surface area contributed by atoms with Crippen molar-refractivity contribution >= 4 is 34.1 Å². The van der Waals surface area contributed by atoms with E-state index >= 15 is 0 Å². The summed E-state index contributed by atoms with van der Waals surface area (Å²) in [6.07, 6.45) is 4.09. The Morgan fingerprint density at radius 3 is 2.71 bits per heavy atom. The summed E-state index contributed by atoms with van der Waals surface area (Å²) in [5, 5.41) is 3.05. The van der Waals surface area contributed by atoms with Gasteiger partial charge >= 0.3 is 0 Å². The van der Waals surface area contributed by atoms with E-state index in [9.17, 15) is 9.59 Å². The third-order valence-electron chi connectivity index (χ3n) is 3.77. The minimum absolute atomic E-state index is 0.168. The first kappa shape index (κ1) is 16.3. The number of carbonyl (C=O) groups excluding carboxylic acids is 2. The SMILES string of the molecule is O=C(CCCc1cccs1)NNC(=O)Cc1c[nH]c2ccccc12. The van der Waals surface area contributed by atoms with E-state index in [-0.39, 0.29) is 18.2 Å². The first-order chi connectivity index (χ1) is 11.7. The van der Waals surface area contributed by atoms with Gasteiger partial charge in [-0.25, -0.2) is 0 Å². The molecule has 0 fully saturated rings. The van der Waals surface area contributed by atoms with E-state index in [0.717, 1.165) is 29.3 Å². The Morgan fingerprint density at radius 1 is 1.04 bits per heavy atom. The van der Waals surface area contributed by atoms with Crippen molar-refractivity contribution in [2.45, 2.75) is 25.7 Å². The predicted molar refractivity (Wildman–Crippen MR) is 95.5 cm³/mol. The summed E-state index contributed by atoms with van der Waals surface area (Å²) in [7, 11) is 0. The fourth-order valence-electron chi connectivity index (χ4n) is 2.57. The maximum atomic E-state index is 12.0. The van der Waals surface area contributed by atoms with Crippen LogP contribution in [0, 0.1) is 0 Å². The molecule has 24 heavy (non-hydrogen) atoms. The summed E-state index contributed by atoms with van der Waals surface area (Å²) in [6.45, 7) is 0. The maximum Gasteiger partial charge on any atom is 0.242 e. The number of amides is 2. The molecule has 124 valence electrons. The van der Waals surface area contributed by atoms with Gasteiger partial charge in [0.05, 0.1) is 6.42 Å². The van der Waals surface area contributed by atoms with E-state index < -0.39 is 0 Å². The standard InChI is InChI=1S/C18H19N3O2S/c22-17(9-3-5-14-6-4-10-24-14)20-21-18(23)11-13-12-19-16-8-2-1-7-15(13)16/h1-2,4,6-8,10,12,19H,3,5,9,11H2,(H,20,22)(H,21,23). The van der Waals surface area contributed by atoms with Gasteiger partial charge in [0.1, 0.15) is 0 Å². The van der Waals surface area contributed by atoms with Crippen LogP contribution in [0.4, 0.5) is 0 Å². The molecule has 6 heteroatoms. The summed E-state index contributed by atoms with van der Waals surface area (Å²) in [5.74, 6) is -0.398. The van der Waals surface area contributed by atoms with Gasteiger partial charge in [-0.15, -0.1) is 11.3 Å². The van der Waals surface area contributed by atoms with Crippen molar-refractivity contribution in [3.63, 3.8) is 0 Å². The molecule has 0 aliphatic rings. The number of hydrazine groups is 1. The van der Waals surface area contributed by atoms with Gasteiger partial charge in [0.15, 0.2) is 0 Å². The van der Waals surface area contributed by atoms with Gasteiger partial charge in [0, 0.05) is 28.4 Å². The zero-order chi connectivity index (χ0) is 16.8. The number of aromatic nitrogens is 1. The van der Waals surface area contributed by atoms with Crippen molar-refractivity contribution < 1.29 is 9.59 Å². The minimum atomic E-state index is -0.230. The minimum Gasteiger partial charge on any atom is -0.361 e. The number of aromatic amines is 1. The summed E-state index contributed by atoms with van der Waals surface area (Å²) in [6, 6.07) is 11.9. The van der Waals surface area contributed by atoms with Crippen LogP contribution in [0.3, 0.4) is 0 Å². The monoisotopic (exact) mass is 341 g/mol. The lowest BCUT2D eigenvalue weighted by molar-refractivity contribution is -0.128. The fraction of sp³-hybridized carbons (Fsp3) is 0.222. The van der Waals surface area contributed by atoms with Gasteiger partial charge in [0.2, 0.25) is 11.8 Å². The topological polar surface area (TPSA) is 74.0 Å². The van der Waals surface area contributed by atoms with Crippen molar-refractivity contribution in [2.24, 2.45) is 0 Å². The van der Waals surface area contributed by atoms with Crippen LogP contribution >= 0.6 is 11.3 Å². The molecule has 0 aliphatic carbocycles. The number of aryl methyl sites for hydroxylation is 1. The molecule has 0 spiro atoms. The molecule has 0 saturated heterocycles. The largest absolute Gasteiger partial charge is 0.361 e. The molecule has 5 nitrogen and oxygen atoms in total. The molecule has 0 atom stereocenters. The van der Waals surface area contributed by atoms with Crippen LogP contribution in [0.15, 0.2) is 48.0 Å². The van der Waals surface area contributed by atoms with E-state index in [1.165, 1.54) is 4.88 Å². The number of hydrogen-bond acceptors (Lipinski definition) is 3. The molecule has 0 radical (unpaired) electrons. The van der Waals surface area contributed by atoms with Gasteiger partial charge in [-0.3, -0.25) is 20.4 Å². The Bertz CT molecular complexity index is 824. The van der Waals surface area contributed by atoms with E-state index in [4.69, 9.17) is 0 Å². The molecule has 0 bridgehead atoms. The zero-order valence-electron chi connectivity index (χ0n) is 13.2. The highest BCUT2D eigenvalue weighted by Gasteiger charge is 2.09. The maximum absolute atomic E-state index is 12.0. The number of fused-ring (bicyclic) bond motifs is 1. The van der Waals surface area contributed by atoms with E-state index in [1.807, 2.05) is 41.9 Å². The number of nitrogens with one attached hydrogen (secondary N) is 3. The van der Waals surface area contributed by atoms with Crippen molar-refractivity contribution in [1.29, 1.82) is 0 Å². The molecule has 2 amide bonds. The number of benzene rings is 1. The zero-order valence-corrected chi connectivity index (χ0v) is 14.0. The number of rotatable bonds is 6.